The molecule has 0 atom stereocenters. The lowest BCUT2D eigenvalue weighted by Gasteiger charge is -2.06. The van der Waals surface area contributed by atoms with Gasteiger partial charge in [-0.1, -0.05) is 6.07 Å². The Kier molecular flexibility index (Phi) is 3.90. The molecule has 21 heavy (non-hydrogen) atoms. The number of aromatic nitrogens is 4. The third kappa shape index (κ3) is 2.64. The lowest BCUT2D eigenvalue weighted by Crippen LogP contribution is -1.99. The van der Waals surface area contributed by atoms with Gasteiger partial charge in [-0.25, -0.2) is 14.6 Å². The van der Waals surface area contributed by atoms with E-state index in [1.165, 1.54) is 22.9 Å². The molecule has 0 aliphatic heterocycles. The van der Waals surface area contributed by atoms with Crippen LogP contribution in [0, 0.1) is 13.8 Å². The highest BCUT2D eigenvalue weighted by atomic mass is 32.2. The number of aryl methyl sites for hydroxylation is 2. The maximum absolute atomic E-state index is 8.95. The first kappa shape index (κ1) is 14.0. The van der Waals surface area contributed by atoms with Crippen LogP contribution in [0.4, 0.5) is 0 Å². The summed E-state index contributed by atoms with van der Waals surface area (Å²) in [6.07, 6.45) is 3.32. The third-order valence-corrected chi connectivity index (χ3v) is 4.38. The lowest BCUT2D eigenvalue weighted by atomic mass is 10.1. The Morgan fingerprint density at radius 3 is 2.81 bits per heavy atom. The second-order valence-electron chi connectivity index (χ2n) is 4.81. The van der Waals surface area contributed by atoms with Gasteiger partial charge in [0.15, 0.2) is 5.65 Å². The molecular weight excluding hydrogens is 284 g/mol. The molecule has 2 aromatic heterocycles. The number of aliphatic hydroxyl groups is 1. The number of hydrogen-bond acceptors (Lipinski definition) is 5. The van der Waals surface area contributed by atoms with Crippen LogP contribution in [0.25, 0.3) is 16.7 Å². The van der Waals surface area contributed by atoms with Gasteiger partial charge in [-0.3, -0.25) is 0 Å². The fourth-order valence-electron chi connectivity index (χ4n) is 2.13. The number of rotatable bonds is 4. The van der Waals surface area contributed by atoms with E-state index in [9.17, 15) is 0 Å². The average Bonchev–Trinajstić information content (AvgIpc) is 2.92. The molecule has 3 aromatic rings. The quantitative estimate of drug-likeness (QED) is 0.592. The van der Waals surface area contributed by atoms with Crippen LogP contribution in [0.2, 0.25) is 0 Å². The molecule has 0 radical (unpaired) electrons. The predicted octanol–water partition coefficient (Wildman–Crippen LogP) is 2.52. The van der Waals surface area contributed by atoms with Gasteiger partial charge in [0.2, 0.25) is 0 Å². The van der Waals surface area contributed by atoms with E-state index in [-0.39, 0.29) is 6.61 Å². The maximum Gasteiger partial charge on any atom is 0.167 e. The number of thioether (sulfide) groups is 1. The maximum atomic E-state index is 8.95. The first-order chi connectivity index (χ1) is 10.2. The molecule has 2 heterocycles. The zero-order valence-corrected chi connectivity index (χ0v) is 12.8. The first-order valence-electron chi connectivity index (χ1n) is 6.70. The highest BCUT2D eigenvalue weighted by Gasteiger charge is 2.11. The monoisotopic (exact) mass is 300 g/mol. The Hall–Kier alpha value is -1.92. The average molecular weight is 300 g/mol. The Bertz CT molecular complexity index is 784. The summed E-state index contributed by atoms with van der Waals surface area (Å²) in [5.74, 6) is 0.612. The van der Waals surface area contributed by atoms with E-state index in [2.05, 4.69) is 41.0 Å². The van der Waals surface area contributed by atoms with Crippen molar-refractivity contribution in [3.05, 3.63) is 41.9 Å². The first-order valence-corrected chi connectivity index (χ1v) is 7.69. The summed E-state index contributed by atoms with van der Waals surface area (Å²) < 4.78 is 1.83. The molecule has 0 saturated heterocycles. The summed E-state index contributed by atoms with van der Waals surface area (Å²) >= 11 is 1.51. The van der Waals surface area contributed by atoms with Gasteiger partial charge in [0, 0.05) is 5.75 Å². The van der Waals surface area contributed by atoms with Gasteiger partial charge in [0.1, 0.15) is 11.4 Å². The van der Waals surface area contributed by atoms with Crippen LogP contribution in [0.3, 0.4) is 0 Å². The van der Waals surface area contributed by atoms with E-state index in [0.29, 0.717) is 5.75 Å². The molecule has 1 N–H and O–H groups in total. The molecule has 0 saturated carbocycles. The third-order valence-electron chi connectivity index (χ3n) is 3.39. The number of aliphatic hydroxyl groups excluding tert-OH is 1. The molecule has 0 amide bonds. The summed E-state index contributed by atoms with van der Waals surface area (Å²) in [4.78, 5) is 8.62. The van der Waals surface area contributed by atoms with Crippen LogP contribution in [0.1, 0.15) is 11.1 Å². The predicted molar refractivity (Wildman–Crippen MR) is 83.9 cm³/mol. The molecule has 108 valence electrons. The normalized spacial score (nSPS) is 11.2. The topological polar surface area (TPSA) is 63.8 Å². The van der Waals surface area contributed by atoms with E-state index in [1.54, 1.807) is 12.5 Å². The molecule has 0 aliphatic carbocycles. The fourth-order valence-corrected chi connectivity index (χ4v) is 2.83. The van der Waals surface area contributed by atoms with E-state index in [1.807, 2.05) is 10.7 Å². The number of nitrogens with zero attached hydrogens (tertiary/aromatic N) is 4. The lowest BCUT2D eigenvalue weighted by molar-refractivity contribution is 0.322. The van der Waals surface area contributed by atoms with Crippen molar-refractivity contribution >= 4 is 22.8 Å². The Balaban J connectivity index is 2.09. The van der Waals surface area contributed by atoms with Gasteiger partial charge in [-0.2, -0.15) is 5.10 Å². The van der Waals surface area contributed by atoms with Crippen LogP contribution in [0.15, 0.2) is 35.7 Å². The highest BCUT2D eigenvalue weighted by Crippen LogP contribution is 2.25. The van der Waals surface area contributed by atoms with E-state index in [0.717, 1.165) is 21.7 Å². The Morgan fingerprint density at radius 2 is 2.05 bits per heavy atom. The second-order valence-corrected chi connectivity index (χ2v) is 5.90. The highest BCUT2D eigenvalue weighted by molar-refractivity contribution is 7.99. The second kappa shape index (κ2) is 5.83. The molecule has 0 aliphatic rings. The van der Waals surface area contributed by atoms with Crippen molar-refractivity contribution in [2.45, 2.75) is 18.9 Å². The molecular formula is C15H16N4OS. The molecule has 5 nitrogen and oxygen atoms in total. The van der Waals surface area contributed by atoms with Crippen molar-refractivity contribution in [2.24, 2.45) is 0 Å². The zero-order chi connectivity index (χ0) is 14.8. The molecule has 0 fully saturated rings. The van der Waals surface area contributed by atoms with Crippen molar-refractivity contribution in [3.63, 3.8) is 0 Å². The van der Waals surface area contributed by atoms with Gasteiger partial charge in [0.25, 0.3) is 0 Å². The van der Waals surface area contributed by atoms with Crippen molar-refractivity contribution < 1.29 is 5.11 Å². The molecule has 0 spiro atoms. The van der Waals surface area contributed by atoms with Gasteiger partial charge in [0.05, 0.1) is 23.9 Å². The standard InChI is InChI=1S/C15H16N4OS/c1-10-3-4-12(7-11(10)2)19-14-13(8-18-19)15(17-9-16-14)21-6-5-20/h3-4,7-9,20H,5-6H2,1-2H3. The minimum Gasteiger partial charge on any atom is -0.396 e. The van der Waals surface area contributed by atoms with Gasteiger partial charge in [-0.15, -0.1) is 11.8 Å². The number of hydrogen-bond donors (Lipinski definition) is 1. The molecule has 1 aromatic carbocycles. The van der Waals surface area contributed by atoms with Crippen LogP contribution >= 0.6 is 11.8 Å². The SMILES string of the molecule is Cc1ccc(-n2ncc3c(SCCO)ncnc32)cc1C. The van der Waals surface area contributed by atoms with Crippen molar-refractivity contribution in [1.82, 2.24) is 19.7 Å². The van der Waals surface area contributed by atoms with Gasteiger partial charge >= 0.3 is 0 Å². The summed E-state index contributed by atoms with van der Waals surface area (Å²) in [5.41, 5.74) is 4.25. The summed E-state index contributed by atoms with van der Waals surface area (Å²) in [5, 5.41) is 15.2. The van der Waals surface area contributed by atoms with Crippen LogP contribution in [-0.4, -0.2) is 37.2 Å². The van der Waals surface area contributed by atoms with Crippen molar-refractivity contribution in [2.75, 3.05) is 12.4 Å². The Morgan fingerprint density at radius 1 is 1.19 bits per heavy atom. The minimum absolute atomic E-state index is 0.126. The van der Waals surface area contributed by atoms with E-state index in [4.69, 9.17) is 5.11 Å². The summed E-state index contributed by atoms with van der Waals surface area (Å²) in [7, 11) is 0. The molecule has 3 rings (SSSR count). The number of benzene rings is 1. The van der Waals surface area contributed by atoms with Crippen molar-refractivity contribution in [3.8, 4) is 5.69 Å². The van der Waals surface area contributed by atoms with Crippen LogP contribution in [0.5, 0.6) is 0 Å². The smallest absolute Gasteiger partial charge is 0.167 e. The fraction of sp³-hybridized carbons (Fsp3) is 0.267. The largest absolute Gasteiger partial charge is 0.396 e. The van der Waals surface area contributed by atoms with E-state index >= 15 is 0 Å². The summed E-state index contributed by atoms with van der Waals surface area (Å²) in [6.45, 7) is 4.30. The molecule has 6 heteroatoms. The Labute approximate surface area is 127 Å². The van der Waals surface area contributed by atoms with E-state index < -0.39 is 0 Å². The molecule has 0 bridgehead atoms. The van der Waals surface area contributed by atoms with Crippen LogP contribution < -0.4 is 0 Å². The minimum atomic E-state index is 0.126. The van der Waals surface area contributed by atoms with Gasteiger partial charge < -0.3 is 5.11 Å². The van der Waals surface area contributed by atoms with Crippen LogP contribution in [-0.2, 0) is 0 Å². The van der Waals surface area contributed by atoms with Crippen molar-refractivity contribution in [1.29, 1.82) is 0 Å². The number of fused-ring (bicyclic) bond motifs is 1. The zero-order valence-electron chi connectivity index (χ0n) is 11.9. The van der Waals surface area contributed by atoms with Gasteiger partial charge in [-0.05, 0) is 37.1 Å². The molecule has 0 unspecified atom stereocenters. The summed E-state index contributed by atoms with van der Waals surface area (Å²) in [6, 6.07) is 6.22.